The summed E-state index contributed by atoms with van der Waals surface area (Å²) in [6.45, 7) is 6.58. The highest BCUT2D eigenvalue weighted by Gasteiger charge is 2.35. The number of ether oxygens (including phenoxy) is 1. The summed E-state index contributed by atoms with van der Waals surface area (Å²) in [6, 6.07) is 3.39. The van der Waals surface area contributed by atoms with Crippen molar-refractivity contribution >= 4 is 10.0 Å². The van der Waals surface area contributed by atoms with E-state index in [1.807, 2.05) is 0 Å². The Morgan fingerprint density at radius 1 is 1.25 bits per heavy atom. The summed E-state index contributed by atoms with van der Waals surface area (Å²) >= 11 is 0. The van der Waals surface area contributed by atoms with E-state index >= 15 is 0 Å². The van der Waals surface area contributed by atoms with Gasteiger partial charge in [0, 0.05) is 7.05 Å². The average Bonchev–Trinajstić information content (AvgIpc) is 2.36. The Hall–Kier alpha value is -1.11. The van der Waals surface area contributed by atoms with E-state index in [4.69, 9.17) is 4.74 Å². The van der Waals surface area contributed by atoms with Crippen molar-refractivity contribution in [3.05, 3.63) is 23.3 Å². The minimum absolute atomic E-state index is 0.253. The van der Waals surface area contributed by atoms with Crippen molar-refractivity contribution < 1.29 is 18.3 Å². The Balaban J connectivity index is 3.44. The summed E-state index contributed by atoms with van der Waals surface area (Å²) in [5.41, 5.74) is 0.391. The Morgan fingerprint density at radius 3 is 2.05 bits per heavy atom. The van der Waals surface area contributed by atoms with Gasteiger partial charge in [0.05, 0.1) is 24.2 Å². The molecule has 1 aromatic rings. The SMILES string of the molecule is COc1cc(C)c(S(=O)(=O)N(C)C(C)(C)CO)c(C)c1. The second kappa shape index (κ2) is 5.71. The molecular formula is C14H23NO4S. The minimum atomic E-state index is -3.68. The van der Waals surface area contributed by atoms with Crippen LogP contribution >= 0.6 is 0 Å². The van der Waals surface area contributed by atoms with E-state index in [0.717, 1.165) is 0 Å². The van der Waals surface area contributed by atoms with Crippen LogP contribution in [0.5, 0.6) is 5.75 Å². The Morgan fingerprint density at radius 2 is 1.70 bits per heavy atom. The van der Waals surface area contributed by atoms with E-state index in [1.54, 1.807) is 46.9 Å². The number of aliphatic hydroxyl groups is 1. The molecule has 0 aliphatic carbocycles. The van der Waals surface area contributed by atoms with Crippen LogP contribution in [0.2, 0.25) is 0 Å². The summed E-state index contributed by atoms with van der Waals surface area (Å²) in [5.74, 6) is 0.628. The number of nitrogens with zero attached hydrogens (tertiary/aromatic N) is 1. The molecule has 0 aromatic heterocycles. The van der Waals surface area contributed by atoms with Crippen LogP contribution < -0.4 is 4.74 Å². The highest BCUT2D eigenvalue weighted by atomic mass is 32.2. The molecule has 114 valence electrons. The lowest BCUT2D eigenvalue weighted by atomic mass is 10.1. The molecule has 0 bridgehead atoms. The first kappa shape index (κ1) is 16.9. The van der Waals surface area contributed by atoms with Crippen LogP contribution in [0.1, 0.15) is 25.0 Å². The molecule has 0 atom stereocenters. The third-order valence-electron chi connectivity index (χ3n) is 3.53. The van der Waals surface area contributed by atoms with E-state index in [0.29, 0.717) is 16.9 Å². The normalized spacial score (nSPS) is 12.8. The fourth-order valence-electron chi connectivity index (χ4n) is 2.00. The Bertz CT molecular complexity index is 570. The number of benzene rings is 1. The number of likely N-dealkylation sites (N-methyl/N-ethyl adjacent to an activating group) is 1. The largest absolute Gasteiger partial charge is 0.497 e. The standard InChI is InChI=1S/C14H23NO4S/c1-10-7-12(19-6)8-11(2)13(10)20(17,18)15(5)14(3,4)9-16/h7-8,16H,9H2,1-6H3. The number of rotatable bonds is 5. The second-order valence-corrected chi connectivity index (χ2v) is 7.44. The van der Waals surface area contributed by atoms with E-state index in [1.165, 1.54) is 11.4 Å². The smallest absolute Gasteiger partial charge is 0.243 e. The molecule has 0 aliphatic heterocycles. The Kier molecular flexibility index (Phi) is 4.84. The van der Waals surface area contributed by atoms with Crippen LogP contribution in [-0.4, -0.2) is 44.1 Å². The maximum Gasteiger partial charge on any atom is 0.243 e. The fourth-order valence-corrected chi connectivity index (χ4v) is 3.91. The summed E-state index contributed by atoms with van der Waals surface area (Å²) in [4.78, 5) is 0.266. The molecule has 0 fully saturated rings. The van der Waals surface area contributed by atoms with Crippen LogP contribution in [0, 0.1) is 13.8 Å². The summed E-state index contributed by atoms with van der Waals surface area (Å²) in [5, 5.41) is 9.37. The molecule has 5 nitrogen and oxygen atoms in total. The van der Waals surface area contributed by atoms with Gasteiger partial charge in [-0.1, -0.05) is 0 Å². The van der Waals surface area contributed by atoms with Crippen molar-refractivity contribution in [2.75, 3.05) is 20.8 Å². The molecule has 0 heterocycles. The molecule has 0 saturated heterocycles. The molecule has 0 unspecified atom stereocenters. The zero-order chi connectivity index (χ0) is 15.7. The van der Waals surface area contributed by atoms with Gasteiger partial charge in [-0.15, -0.1) is 0 Å². The first-order valence-electron chi connectivity index (χ1n) is 6.33. The summed E-state index contributed by atoms with van der Waals surface area (Å²) < 4.78 is 31.9. The number of methoxy groups -OCH3 is 1. The molecule has 0 aliphatic rings. The molecule has 6 heteroatoms. The number of hydrogen-bond acceptors (Lipinski definition) is 4. The van der Waals surface area contributed by atoms with Crippen molar-refractivity contribution in [1.82, 2.24) is 4.31 Å². The van der Waals surface area contributed by atoms with Crippen molar-refractivity contribution in [2.24, 2.45) is 0 Å². The zero-order valence-electron chi connectivity index (χ0n) is 12.9. The maximum absolute atomic E-state index is 12.8. The maximum atomic E-state index is 12.8. The Labute approximate surface area is 121 Å². The summed E-state index contributed by atoms with van der Waals surface area (Å²) in [6.07, 6.45) is 0. The van der Waals surface area contributed by atoms with Crippen LogP contribution in [0.4, 0.5) is 0 Å². The van der Waals surface area contributed by atoms with Crippen LogP contribution in [0.15, 0.2) is 17.0 Å². The van der Waals surface area contributed by atoms with Gasteiger partial charge in [0.25, 0.3) is 0 Å². The van der Waals surface area contributed by atoms with E-state index in [2.05, 4.69) is 0 Å². The van der Waals surface area contributed by atoms with Gasteiger partial charge in [-0.3, -0.25) is 0 Å². The second-order valence-electron chi connectivity index (χ2n) is 5.53. The fraction of sp³-hybridized carbons (Fsp3) is 0.571. The van der Waals surface area contributed by atoms with Gasteiger partial charge in [0.1, 0.15) is 5.75 Å². The highest BCUT2D eigenvalue weighted by molar-refractivity contribution is 7.89. The van der Waals surface area contributed by atoms with Gasteiger partial charge in [0.15, 0.2) is 0 Å². The molecule has 0 spiro atoms. The molecule has 0 saturated carbocycles. The highest BCUT2D eigenvalue weighted by Crippen LogP contribution is 2.30. The first-order valence-corrected chi connectivity index (χ1v) is 7.77. The first-order chi connectivity index (χ1) is 9.07. The van der Waals surface area contributed by atoms with E-state index in [9.17, 15) is 13.5 Å². The zero-order valence-corrected chi connectivity index (χ0v) is 13.7. The van der Waals surface area contributed by atoms with Crippen molar-refractivity contribution in [1.29, 1.82) is 0 Å². The lowest BCUT2D eigenvalue weighted by Gasteiger charge is -2.33. The van der Waals surface area contributed by atoms with Gasteiger partial charge in [-0.25, -0.2) is 8.42 Å². The summed E-state index contributed by atoms with van der Waals surface area (Å²) in [7, 11) is -0.651. The molecule has 0 amide bonds. The van der Waals surface area contributed by atoms with E-state index in [-0.39, 0.29) is 11.5 Å². The van der Waals surface area contributed by atoms with E-state index < -0.39 is 15.6 Å². The van der Waals surface area contributed by atoms with Gasteiger partial charge in [-0.2, -0.15) is 4.31 Å². The molecular weight excluding hydrogens is 278 g/mol. The minimum Gasteiger partial charge on any atom is -0.497 e. The molecule has 20 heavy (non-hydrogen) atoms. The van der Waals surface area contributed by atoms with Crippen LogP contribution in [0.3, 0.4) is 0 Å². The molecule has 1 aromatic carbocycles. The van der Waals surface area contributed by atoms with Gasteiger partial charge >= 0.3 is 0 Å². The third-order valence-corrected chi connectivity index (χ3v) is 5.90. The number of hydrogen-bond donors (Lipinski definition) is 1. The molecule has 1 N–H and O–H groups in total. The van der Waals surface area contributed by atoms with Crippen molar-refractivity contribution in [3.8, 4) is 5.75 Å². The molecule has 0 radical (unpaired) electrons. The van der Waals surface area contributed by atoms with Crippen molar-refractivity contribution in [2.45, 2.75) is 38.1 Å². The van der Waals surface area contributed by atoms with Crippen LogP contribution in [-0.2, 0) is 10.0 Å². The molecule has 1 rings (SSSR count). The van der Waals surface area contributed by atoms with Crippen molar-refractivity contribution in [3.63, 3.8) is 0 Å². The predicted molar refractivity (Wildman–Crippen MR) is 78.6 cm³/mol. The predicted octanol–water partition coefficient (Wildman–Crippen LogP) is 1.70. The quantitative estimate of drug-likeness (QED) is 0.899. The third kappa shape index (κ3) is 2.97. The number of sulfonamides is 1. The average molecular weight is 301 g/mol. The van der Waals surface area contributed by atoms with Gasteiger partial charge in [0.2, 0.25) is 10.0 Å². The topological polar surface area (TPSA) is 66.8 Å². The van der Waals surface area contributed by atoms with Gasteiger partial charge in [-0.05, 0) is 51.0 Å². The van der Waals surface area contributed by atoms with Crippen LogP contribution in [0.25, 0.3) is 0 Å². The lowest BCUT2D eigenvalue weighted by Crippen LogP contribution is -2.47. The monoisotopic (exact) mass is 301 g/mol. The number of aliphatic hydroxyl groups excluding tert-OH is 1. The van der Waals surface area contributed by atoms with Gasteiger partial charge < -0.3 is 9.84 Å². The number of aryl methyl sites for hydroxylation is 2. The lowest BCUT2D eigenvalue weighted by molar-refractivity contribution is 0.138.